The van der Waals surface area contributed by atoms with Gasteiger partial charge in [0, 0.05) is 48.0 Å². The molecule has 2 aromatic heterocycles. The van der Waals surface area contributed by atoms with Gasteiger partial charge in [-0.15, -0.1) is 0 Å². The summed E-state index contributed by atoms with van der Waals surface area (Å²) < 4.78 is 23.2. The molecular formula is C54H67BrN2O7. The minimum absolute atomic E-state index is 0.287. The second-order valence-corrected chi connectivity index (χ2v) is 15.9. The third-order valence-corrected chi connectivity index (χ3v) is 9.98. The predicted octanol–water partition coefficient (Wildman–Crippen LogP) is 12.9. The number of pyridine rings is 2. The molecule has 2 heterocycles. The van der Waals surface area contributed by atoms with E-state index in [2.05, 4.69) is 68.9 Å². The summed E-state index contributed by atoms with van der Waals surface area (Å²) in [7, 11) is 0. The number of aliphatic hydroxyl groups excluding tert-OH is 2. The van der Waals surface area contributed by atoms with E-state index in [1.54, 1.807) is 31.7 Å². The van der Waals surface area contributed by atoms with Crippen LogP contribution in [0.4, 0.5) is 0 Å². The smallest absolute Gasteiger partial charge is 0.333 e. The highest BCUT2D eigenvalue weighted by molar-refractivity contribution is 9.10. The first-order valence-electron chi connectivity index (χ1n) is 22.4. The van der Waals surface area contributed by atoms with Crippen LogP contribution in [-0.4, -0.2) is 65.8 Å². The van der Waals surface area contributed by atoms with Gasteiger partial charge in [0.25, 0.3) is 0 Å². The number of hydrogen-bond donors (Lipinski definition) is 2. The van der Waals surface area contributed by atoms with Crippen LogP contribution in [0.25, 0.3) is 24.3 Å². The molecule has 0 saturated carbocycles. The van der Waals surface area contributed by atoms with Crippen molar-refractivity contribution >= 4 is 46.2 Å². The highest BCUT2D eigenvalue weighted by Crippen LogP contribution is 2.18. The molecule has 0 aliphatic heterocycles. The fourth-order valence-corrected chi connectivity index (χ4v) is 6.03. The van der Waals surface area contributed by atoms with E-state index in [0.29, 0.717) is 25.4 Å². The Morgan fingerprint density at radius 1 is 0.484 bits per heavy atom. The first-order chi connectivity index (χ1) is 31.4. The van der Waals surface area contributed by atoms with E-state index in [-0.39, 0.29) is 12.6 Å². The maximum Gasteiger partial charge on any atom is 0.333 e. The van der Waals surface area contributed by atoms with E-state index >= 15 is 0 Å². The quantitative estimate of drug-likeness (QED) is 0.0301. The van der Waals surface area contributed by atoms with Crippen molar-refractivity contribution in [3.8, 4) is 17.2 Å². The summed E-state index contributed by atoms with van der Waals surface area (Å²) in [5.74, 6) is 2.40. The molecule has 10 heteroatoms. The summed E-state index contributed by atoms with van der Waals surface area (Å²) in [6, 6.07) is 31.9. The minimum Gasteiger partial charge on any atom is -0.494 e. The van der Waals surface area contributed by atoms with Crippen molar-refractivity contribution in [1.82, 2.24) is 9.97 Å². The summed E-state index contributed by atoms with van der Waals surface area (Å²) >= 11 is 3.38. The van der Waals surface area contributed by atoms with E-state index in [9.17, 15) is 4.79 Å². The molecule has 0 atom stereocenters. The standard InChI is InChI=1S/C23H27NO3.C19H23NO2.C12H17BrO2/c1-19(2)23(25)27-18-6-4-3-5-17-26-22-11-9-20(10-12-22)7-8-21-13-15-24-16-14-21;21-15-3-1-2-4-16-22-19-9-7-17(8-10-19)5-6-18-11-13-20-14-12-18;13-11-5-7-12(8-6-11)15-10-4-2-1-3-9-14/h7-16H,1,3-6,17-18H2,2H3;5-14,21H,1-4,15-16H2;5-8,14H,1-4,9-10H2/b8-7+;6-5+;. The number of rotatable bonds is 27. The largest absolute Gasteiger partial charge is 0.494 e. The van der Waals surface area contributed by atoms with Crippen molar-refractivity contribution in [1.29, 1.82) is 0 Å². The molecule has 0 amide bonds. The Bertz CT molecular complexity index is 1990. The van der Waals surface area contributed by atoms with Crippen LogP contribution < -0.4 is 14.2 Å². The van der Waals surface area contributed by atoms with Crippen molar-refractivity contribution < 1.29 is 34.0 Å². The lowest BCUT2D eigenvalue weighted by Crippen LogP contribution is -2.06. The van der Waals surface area contributed by atoms with E-state index in [0.717, 1.165) is 134 Å². The molecule has 0 bridgehead atoms. The zero-order valence-electron chi connectivity index (χ0n) is 37.5. The maximum absolute atomic E-state index is 11.2. The number of halogens is 1. The molecule has 5 aromatic rings. The van der Waals surface area contributed by atoms with Crippen LogP contribution in [0.15, 0.2) is 138 Å². The Balaban J connectivity index is 0.000000266. The zero-order chi connectivity index (χ0) is 45.7. The number of ether oxygens (including phenoxy) is 4. The van der Waals surface area contributed by atoms with Crippen LogP contribution in [-0.2, 0) is 9.53 Å². The summed E-state index contributed by atoms with van der Waals surface area (Å²) in [6.07, 6.45) is 27.6. The fraction of sp³-hybridized carbons (Fsp3) is 0.352. The molecule has 342 valence electrons. The minimum atomic E-state index is -0.308. The monoisotopic (exact) mass is 934 g/mol. The summed E-state index contributed by atoms with van der Waals surface area (Å²) in [6.45, 7) is 8.44. The second kappa shape index (κ2) is 34.9. The van der Waals surface area contributed by atoms with Crippen LogP contribution in [0.5, 0.6) is 17.2 Å². The topological polar surface area (TPSA) is 120 Å². The van der Waals surface area contributed by atoms with Crippen LogP contribution in [0.2, 0.25) is 0 Å². The molecule has 0 radical (unpaired) electrons. The maximum atomic E-state index is 11.2. The summed E-state index contributed by atoms with van der Waals surface area (Å²) in [5.41, 5.74) is 4.98. The predicted molar refractivity (Wildman–Crippen MR) is 265 cm³/mol. The van der Waals surface area contributed by atoms with Crippen LogP contribution in [0.3, 0.4) is 0 Å². The molecule has 2 N–H and O–H groups in total. The number of aromatic nitrogens is 2. The second-order valence-electron chi connectivity index (χ2n) is 15.0. The van der Waals surface area contributed by atoms with Gasteiger partial charge in [0.1, 0.15) is 17.2 Å². The molecule has 64 heavy (non-hydrogen) atoms. The Morgan fingerprint density at radius 2 is 0.797 bits per heavy atom. The molecule has 0 saturated heterocycles. The van der Waals surface area contributed by atoms with E-state index in [1.807, 2.05) is 84.9 Å². The first kappa shape index (κ1) is 52.8. The average Bonchev–Trinajstić information content (AvgIpc) is 3.33. The zero-order valence-corrected chi connectivity index (χ0v) is 39.1. The van der Waals surface area contributed by atoms with Crippen molar-refractivity contribution in [3.63, 3.8) is 0 Å². The number of unbranched alkanes of at least 4 members (excludes halogenated alkanes) is 9. The molecule has 9 nitrogen and oxygen atoms in total. The van der Waals surface area contributed by atoms with Crippen LogP contribution >= 0.6 is 15.9 Å². The van der Waals surface area contributed by atoms with Gasteiger partial charge < -0.3 is 29.2 Å². The normalized spacial score (nSPS) is 10.7. The molecule has 3 aromatic carbocycles. The average molecular weight is 936 g/mol. The Kier molecular flexibility index (Phi) is 28.8. The van der Waals surface area contributed by atoms with Crippen molar-refractivity contribution in [2.45, 2.75) is 84.0 Å². The van der Waals surface area contributed by atoms with E-state index in [4.69, 9.17) is 29.2 Å². The summed E-state index contributed by atoms with van der Waals surface area (Å²) in [4.78, 5) is 19.2. The van der Waals surface area contributed by atoms with Crippen LogP contribution in [0.1, 0.15) is 106 Å². The van der Waals surface area contributed by atoms with Gasteiger partial charge in [0.2, 0.25) is 0 Å². The lowest BCUT2D eigenvalue weighted by atomic mass is 10.1. The molecule has 0 fully saturated rings. The number of carbonyl (C=O) groups is 1. The Labute approximate surface area is 390 Å². The van der Waals surface area contributed by atoms with Gasteiger partial charge >= 0.3 is 5.97 Å². The van der Waals surface area contributed by atoms with Crippen molar-refractivity contribution in [3.05, 3.63) is 161 Å². The summed E-state index contributed by atoms with van der Waals surface area (Å²) in [5, 5.41) is 17.3. The van der Waals surface area contributed by atoms with Gasteiger partial charge in [0.05, 0.1) is 26.4 Å². The van der Waals surface area contributed by atoms with Gasteiger partial charge in [0.15, 0.2) is 0 Å². The number of benzene rings is 3. The SMILES string of the molecule is C=C(C)C(=O)OCCCCCCOc1ccc(/C=C/c2ccncc2)cc1.OCCCCCCOc1ccc(/C=C/c2ccncc2)cc1.OCCCCCCOc1ccc(Br)cc1. The first-order valence-corrected chi connectivity index (χ1v) is 23.2. The Morgan fingerprint density at radius 3 is 1.14 bits per heavy atom. The molecule has 0 aliphatic carbocycles. The highest BCUT2D eigenvalue weighted by Gasteiger charge is 2.02. The lowest BCUT2D eigenvalue weighted by molar-refractivity contribution is -0.139. The van der Waals surface area contributed by atoms with Crippen molar-refractivity contribution in [2.75, 3.05) is 39.6 Å². The Hall–Kier alpha value is -5.55. The van der Waals surface area contributed by atoms with Crippen molar-refractivity contribution in [2.24, 2.45) is 0 Å². The molecule has 0 unspecified atom stereocenters. The highest BCUT2D eigenvalue weighted by atomic mass is 79.9. The van der Waals surface area contributed by atoms with E-state index < -0.39 is 0 Å². The number of esters is 1. The third-order valence-electron chi connectivity index (χ3n) is 9.45. The molecule has 0 aliphatic rings. The van der Waals surface area contributed by atoms with Gasteiger partial charge in [-0.3, -0.25) is 9.97 Å². The molecule has 0 spiro atoms. The van der Waals surface area contributed by atoms with Gasteiger partial charge in [-0.1, -0.05) is 83.9 Å². The van der Waals surface area contributed by atoms with Gasteiger partial charge in [-0.25, -0.2) is 4.79 Å². The third kappa shape index (κ3) is 26.2. The number of carbonyl (C=O) groups excluding carboxylic acids is 1. The number of nitrogens with zero attached hydrogens (tertiary/aromatic N) is 2. The fourth-order valence-electron chi connectivity index (χ4n) is 5.77. The number of aliphatic hydroxyl groups is 2. The lowest BCUT2D eigenvalue weighted by Gasteiger charge is -2.07. The molecule has 5 rings (SSSR count). The molecular weight excluding hydrogens is 869 g/mol. The van der Waals surface area contributed by atoms with Crippen LogP contribution in [0, 0.1) is 0 Å². The number of hydrogen-bond acceptors (Lipinski definition) is 9. The van der Waals surface area contributed by atoms with Gasteiger partial charge in [-0.2, -0.15) is 0 Å². The van der Waals surface area contributed by atoms with E-state index in [1.165, 1.54) is 0 Å². The van der Waals surface area contributed by atoms with Gasteiger partial charge in [-0.05, 0) is 166 Å².